The fraction of sp³-hybridized carbons (Fsp3) is 0.455. The summed E-state index contributed by atoms with van der Waals surface area (Å²) in [5.74, 6) is 1.31. The van der Waals surface area contributed by atoms with Crippen LogP contribution < -0.4 is 14.8 Å². The molecule has 0 bridgehead atoms. The molecule has 0 saturated carbocycles. The van der Waals surface area contributed by atoms with Gasteiger partial charge in [-0.2, -0.15) is 0 Å². The molecule has 0 radical (unpaired) electrons. The zero-order valence-electron chi connectivity index (χ0n) is 17.6. The maximum absolute atomic E-state index is 13.2. The topological polar surface area (TPSA) is 67.9 Å². The zero-order chi connectivity index (χ0) is 21.2. The summed E-state index contributed by atoms with van der Waals surface area (Å²) < 4.78 is 11.4. The zero-order valence-corrected chi connectivity index (χ0v) is 18.4. The molecule has 1 aliphatic rings. The maximum atomic E-state index is 13.2. The summed E-state index contributed by atoms with van der Waals surface area (Å²) in [6.45, 7) is 11.5. The van der Waals surface area contributed by atoms with E-state index in [1.807, 2.05) is 58.9 Å². The quantitative estimate of drug-likeness (QED) is 0.781. The van der Waals surface area contributed by atoms with Gasteiger partial charge in [-0.05, 0) is 31.5 Å². The molecule has 0 aliphatic carbocycles. The minimum absolute atomic E-state index is 0.0550. The van der Waals surface area contributed by atoms with Gasteiger partial charge < -0.3 is 19.7 Å². The first-order chi connectivity index (χ1) is 13.7. The molecule has 2 aromatic rings. The molecule has 0 spiro atoms. The first-order valence-corrected chi connectivity index (χ1v) is 10.6. The van der Waals surface area contributed by atoms with Gasteiger partial charge in [0.15, 0.2) is 11.5 Å². The highest BCUT2D eigenvalue weighted by Gasteiger charge is 2.25. The number of rotatable bonds is 5. The lowest BCUT2D eigenvalue weighted by Gasteiger charge is -2.25. The number of benzene rings is 1. The van der Waals surface area contributed by atoms with E-state index < -0.39 is 5.41 Å². The predicted octanol–water partition coefficient (Wildman–Crippen LogP) is 4.47. The van der Waals surface area contributed by atoms with Gasteiger partial charge in [0.25, 0.3) is 5.91 Å². The summed E-state index contributed by atoms with van der Waals surface area (Å²) in [6.07, 6.45) is 0. The third-order valence-electron chi connectivity index (χ3n) is 4.71. The van der Waals surface area contributed by atoms with Crippen LogP contribution in [0.25, 0.3) is 0 Å². The molecule has 0 saturated heterocycles. The number of amides is 2. The van der Waals surface area contributed by atoms with Crippen molar-refractivity contribution in [2.75, 3.05) is 25.1 Å². The van der Waals surface area contributed by atoms with E-state index in [-0.39, 0.29) is 11.8 Å². The van der Waals surface area contributed by atoms with E-state index in [0.29, 0.717) is 41.9 Å². The van der Waals surface area contributed by atoms with E-state index >= 15 is 0 Å². The number of aryl methyl sites for hydroxylation is 1. The minimum Gasteiger partial charge on any atom is -0.486 e. The molecule has 1 aromatic carbocycles. The fourth-order valence-corrected chi connectivity index (χ4v) is 4.03. The lowest BCUT2D eigenvalue weighted by molar-refractivity contribution is -0.123. The van der Waals surface area contributed by atoms with Crippen molar-refractivity contribution in [2.45, 2.75) is 41.2 Å². The van der Waals surface area contributed by atoms with Crippen LogP contribution in [-0.4, -0.2) is 36.5 Å². The number of anilines is 1. The van der Waals surface area contributed by atoms with Gasteiger partial charge in [-0.25, -0.2) is 0 Å². The third-order valence-corrected chi connectivity index (χ3v) is 5.85. The van der Waals surface area contributed by atoms with Crippen LogP contribution in [0.5, 0.6) is 11.5 Å². The molecule has 1 aliphatic heterocycles. The second-order valence-electron chi connectivity index (χ2n) is 8.09. The van der Waals surface area contributed by atoms with Crippen LogP contribution in [-0.2, 0) is 11.3 Å². The Morgan fingerprint density at radius 2 is 1.93 bits per heavy atom. The second kappa shape index (κ2) is 8.45. The Bertz CT molecular complexity index is 914. The molecule has 29 heavy (non-hydrogen) atoms. The summed E-state index contributed by atoms with van der Waals surface area (Å²) in [5.41, 5.74) is 1.29. The smallest absolute Gasteiger partial charge is 0.264 e. The van der Waals surface area contributed by atoms with Gasteiger partial charge in [0.05, 0.1) is 9.88 Å². The third kappa shape index (κ3) is 4.72. The van der Waals surface area contributed by atoms with E-state index in [0.717, 1.165) is 16.9 Å². The highest BCUT2D eigenvalue weighted by Crippen LogP contribution is 2.35. The van der Waals surface area contributed by atoms with Gasteiger partial charge in [0.2, 0.25) is 5.91 Å². The molecular weight excluding hydrogens is 388 g/mol. The molecule has 156 valence electrons. The minimum atomic E-state index is -0.494. The number of fused-ring (bicyclic) bond motifs is 1. The van der Waals surface area contributed by atoms with Crippen molar-refractivity contribution in [3.63, 3.8) is 0 Å². The van der Waals surface area contributed by atoms with Crippen LogP contribution in [0.2, 0.25) is 0 Å². The van der Waals surface area contributed by atoms with E-state index in [4.69, 9.17) is 9.47 Å². The number of carbonyl (C=O) groups is 2. The summed E-state index contributed by atoms with van der Waals surface area (Å²) in [5, 5.41) is 3.61. The first kappa shape index (κ1) is 21.2. The number of hydrogen-bond acceptors (Lipinski definition) is 5. The van der Waals surface area contributed by atoms with E-state index in [2.05, 4.69) is 5.32 Å². The van der Waals surface area contributed by atoms with Crippen LogP contribution in [0, 0.1) is 12.3 Å². The predicted molar refractivity (Wildman–Crippen MR) is 115 cm³/mol. The molecule has 0 fully saturated rings. The van der Waals surface area contributed by atoms with Gasteiger partial charge in [-0.3, -0.25) is 9.59 Å². The Balaban J connectivity index is 1.79. The largest absolute Gasteiger partial charge is 0.486 e. The Kier molecular flexibility index (Phi) is 6.17. The molecule has 0 unspecified atom stereocenters. The molecule has 7 heteroatoms. The van der Waals surface area contributed by atoms with Crippen molar-refractivity contribution in [2.24, 2.45) is 5.41 Å². The van der Waals surface area contributed by atoms with Gasteiger partial charge in [0.1, 0.15) is 13.2 Å². The van der Waals surface area contributed by atoms with Crippen molar-refractivity contribution in [1.29, 1.82) is 0 Å². The lowest BCUT2D eigenvalue weighted by atomic mass is 9.96. The number of nitrogens with zero attached hydrogens (tertiary/aromatic N) is 1. The Labute approximate surface area is 175 Å². The molecule has 1 aromatic heterocycles. The SMILES string of the molecule is CCN(Cc1cccc2c1OCCO2)C(=O)c1sc(NC(=O)C(C)(C)C)cc1C. The highest BCUT2D eigenvalue weighted by atomic mass is 32.1. The summed E-state index contributed by atoms with van der Waals surface area (Å²) in [4.78, 5) is 27.9. The molecule has 2 heterocycles. The van der Waals surface area contributed by atoms with Crippen molar-refractivity contribution < 1.29 is 19.1 Å². The van der Waals surface area contributed by atoms with Crippen LogP contribution in [0.1, 0.15) is 48.5 Å². The number of thiophene rings is 1. The fourth-order valence-electron chi connectivity index (χ4n) is 2.99. The van der Waals surface area contributed by atoms with E-state index in [1.54, 1.807) is 4.90 Å². The summed E-state index contributed by atoms with van der Waals surface area (Å²) in [6, 6.07) is 7.61. The lowest BCUT2D eigenvalue weighted by Crippen LogP contribution is -2.30. The van der Waals surface area contributed by atoms with Crippen molar-refractivity contribution in [3.8, 4) is 11.5 Å². The maximum Gasteiger partial charge on any atom is 0.264 e. The molecule has 2 amide bonds. The monoisotopic (exact) mass is 416 g/mol. The van der Waals surface area contributed by atoms with Gasteiger partial charge in [-0.15, -0.1) is 11.3 Å². The Morgan fingerprint density at radius 1 is 1.21 bits per heavy atom. The van der Waals surface area contributed by atoms with Crippen LogP contribution >= 0.6 is 11.3 Å². The Hall–Kier alpha value is -2.54. The van der Waals surface area contributed by atoms with Crippen LogP contribution in [0.15, 0.2) is 24.3 Å². The second-order valence-corrected chi connectivity index (χ2v) is 9.14. The van der Waals surface area contributed by atoms with Gasteiger partial charge in [0, 0.05) is 24.1 Å². The van der Waals surface area contributed by atoms with E-state index in [9.17, 15) is 9.59 Å². The van der Waals surface area contributed by atoms with E-state index in [1.165, 1.54) is 11.3 Å². The van der Waals surface area contributed by atoms with Gasteiger partial charge >= 0.3 is 0 Å². The normalized spacial score (nSPS) is 13.1. The summed E-state index contributed by atoms with van der Waals surface area (Å²) in [7, 11) is 0. The number of ether oxygens (including phenoxy) is 2. The van der Waals surface area contributed by atoms with Crippen LogP contribution in [0.4, 0.5) is 5.00 Å². The average Bonchev–Trinajstić information content (AvgIpc) is 3.05. The molecular formula is C22H28N2O4S. The number of hydrogen-bond donors (Lipinski definition) is 1. The first-order valence-electron chi connectivity index (χ1n) is 9.79. The van der Waals surface area contributed by atoms with Gasteiger partial charge in [-0.1, -0.05) is 32.9 Å². The molecule has 0 atom stereocenters. The van der Waals surface area contributed by atoms with Crippen molar-refractivity contribution in [3.05, 3.63) is 40.3 Å². The highest BCUT2D eigenvalue weighted by molar-refractivity contribution is 7.18. The van der Waals surface area contributed by atoms with Crippen LogP contribution in [0.3, 0.4) is 0 Å². The average molecular weight is 417 g/mol. The van der Waals surface area contributed by atoms with Crippen molar-refractivity contribution in [1.82, 2.24) is 4.90 Å². The molecule has 6 nitrogen and oxygen atoms in total. The summed E-state index contributed by atoms with van der Waals surface area (Å²) >= 11 is 1.32. The number of nitrogens with one attached hydrogen (secondary N) is 1. The molecule has 3 rings (SSSR count). The number of para-hydroxylation sites is 1. The number of carbonyl (C=O) groups excluding carboxylic acids is 2. The van der Waals surface area contributed by atoms with Crippen molar-refractivity contribution >= 4 is 28.2 Å². The molecule has 1 N–H and O–H groups in total. The standard InChI is InChI=1S/C22H28N2O4S/c1-6-24(13-15-8-7-9-16-18(15)28-11-10-27-16)20(25)19-14(2)12-17(29-19)23-21(26)22(3,4)5/h7-9,12H,6,10-11,13H2,1-5H3,(H,23,26). The Morgan fingerprint density at radius 3 is 2.62 bits per heavy atom.